The molecule has 4 atom stereocenters. The van der Waals surface area contributed by atoms with Crippen LogP contribution in [0, 0.1) is 0 Å². The third kappa shape index (κ3) is 11.8. The fourth-order valence-electron chi connectivity index (χ4n) is 2.36. The first-order valence-corrected chi connectivity index (χ1v) is 11.4. The molecule has 0 spiro atoms. The maximum absolute atomic E-state index is 12.7. The van der Waals surface area contributed by atoms with Gasteiger partial charge in [0.05, 0.1) is 12.5 Å². The predicted molar refractivity (Wildman–Crippen MR) is 119 cm³/mol. The molecule has 182 valence electrons. The van der Waals surface area contributed by atoms with Crippen molar-refractivity contribution in [2.24, 2.45) is 11.5 Å². The van der Waals surface area contributed by atoms with Crippen molar-refractivity contribution in [1.82, 2.24) is 16.0 Å². The van der Waals surface area contributed by atoms with Crippen LogP contribution in [-0.4, -0.2) is 87.7 Å². The standard InChI is InChI=1S/C17H29N5O8S2/c1-32-5-4-10(16(28)22-11(7-31)17(29)30)21-15(27)9(2-3-13(24)25)20-14(26)8(18)6-12(19)23/h8-11,31H,2-7,18H2,1H3,(H2,19,23)(H,20,26)(H,21,27)(H,22,28)(H,24,25)(H,29,30). The van der Waals surface area contributed by atoms with Crippen molar-refractivity contribution in [3.05, 3.63) is 0 Å². The molecule has 0 aliphatic rings. The lowest BCUT2D eigenvalue weighted by molar-refractivity contribution is -0.141. The molecule has 0 rings (SSSR count). The van der Waals surface area contributed by atoms with E-state index >= 15 is 0 Å². The fraction of sp³-hybridized carbons (Fsp3) is 0.647. The van der Waals surface area contributed by atoms with E-state index in [1.54, 1.807) is 6.26 Å². The highest BCUT2D eigenvalue weighted by Gasteiger charge is 2.30. The number of thioether (sulfide) groups is 1. The van der Waals surface area contributed by atoms with Gasteiger partial charge in [0.2, 0.25) is 23.6 Å². The minimum absolute atomic E-state index is 0.137. The van der Waals surface area contributed by atoms with Gasteiger partial charge in [-0.3, -0.25) is 24.0 Å². The molecule has 0 saturated heterocycles. The van der Waals surface area contributed by atoms with Crippen LogP contribution in [0.3, 0.4) is 0 Å². The largest absolute Gasteiger partial charge is 0.481 e. The van der Waals surface area contributed by atoms with Gasteiger partial charge < -0.3 is 37.6 Å². The fourth-order valence-corrected chi connectivity index (χ4v) is 3.08. The van der Waals surface area contributed by atoms with Gasteiger partial charge >= 0.3 is 11.9 Å². The first-order chi connectivity index (χ1) is 14.9. The second-order valence-corrected chi connectivity index (χ2v) is 8.05. The molecule has 0 saturated carbocycles. The summed E-state index contributed by atoms with van der Waals surface area (Å²) >= 11 is 5.24. The van der Waals surface area contributed by atoms with Gasteiger partial charge in [0.25, 0.3) is 0 Å². The maximum Gasteiger partial charge on any atom is 0.327 e. The lowest BCUT2D eigenvalue weighted by Gasteiger charge is -2.24. The molecule has 4 amide bonds. The van der Waals surface area contributed by atoms with E-state index in [-0.39, 0.29) is 18.6 Å². The van der Waals surface area contributed by atoms with Gasteiger partial charge in [-0.05, 0) is 24.9 Å². The number of hydrogen-bond donors (Lipinski definition) is 8. The number of aliphatic carboxylic acids is 2. The van der Waals surface area contributed by atoms with Gasteiger partial charge in [-0.2, -0.15) is 24.4 Å². The summed E-state index contributed by atoms with van der Waals surface area (Å²) in [7, 11) is 0. The Bertz CT molecular complexity index is 708. The highest BCUT2D eigenvalue weighted by molar-refractivity contribution is 7.98. The van der Waals surface area contributed by atoms with Gasteiger partial charge in [0, 0.05) is 12.2 Å². The van der Waals surface area contributed by atoms with Crippen molar-refractivity contribution in [1.29, 1.82) is 0 Å². The van der Waals surface area contributed by atoms with E-state index in [1.807, 2.05) is 0 Å². The van der Waals surface area contributed by atoms with Gasteiger partial charge in [-0.25, -0.2) is 4.79 Å². The first-order valence-electron chi connectivity index (χ1n) is 9.42. The van der Waals surface area contributed by atoms with Gasteiger partial charge in [-0.15, -0.1) is 0 Å². The molecule has 0 fully saturated rings. The van der Waals surface area contributed by atoms with Gasteiger partial charge in [0.1, 0.15) is 18.1 Å². The van der Waals surface area contributed by atoms with E-state index < -0.39 is 72.6 Å². The SMILES string of the molecule is CSCCC(NC(=O)C(CCC(=O)O)NC(=O)C(N)CC(N)=O)C(=O)NC(CS)C(=O)O. The molecule has 0 bridgehead atoms. The molecule has 13 nitrogen and oxygen atoms in total. The molecule has 0 aliphatic heterocycles. The van der Waals surface area contributed by atoms with E-state index in [1.165, 1.54) is 11.8 Å². The highest BCUT2D eigenvalue weighted by atomic mass is 32.2. The Hall–Kier alpha value is -2.52. The van der Waals surface area contributed by atoms with Crippen LogP contribution in [0.25, 0.3) is 0 Å². The van der Waals surface area contributed by atoms with Gasteiger partial charge in [0.15, 0.2) is 0 Å². The topological polar surface area (TPSA) is 231 Å². The molecular formula is C17H29N5O8S2. The summed E-state index contributed by atoms with van der Waals surface area (Å²) in [4.78, 5) is 70.4. The monoisotopic (exact) mass is 495 g/mol. The minimum atomic E-state index is -1.37. The second-order valence-electron chi connectivity index (χ2n) is 6.70. The van der Waals surface area contributed by atoms with E-state index in [0.29, 0.717) is 5.75 Å². The molecule has 0 aromatic heterocycles. The summed E-state index contributed by atoms with van der Waals surface area (Å²) in [5.41, 5.74) is 10.5. The van der Waals surface area contributed by atoms with E-state index in [4.69, 9.17) is 21.7 Å². The number of carbonyl (C=O) groups excluding carboxylic acids is 4. The van der Waals surface area contributed by atoms with Crippen molar-refractivity contribution >= 4 is 60.0 Å². The van der Waals surface area contributed by atoms with E-state index in [9.17, 15) is 28.8 Å². The first kappa shape index (κ1) is 29.5. The number of carboxylic acid groups (broad SMARTS) is 2. The smallest absolute Gasteiger partial charge is 0.327 e. The highest BCUT2D eigenvalue weighted by Crippen LogP contribution is 2.06. The average Bonchev–Trinajstić information content (AvgIpc) is 2.70. The quantitative estimate of drug-likeness (QED) is 0.103. The molecule has 4 unspecified atom stereocenters. The molecule has 9 N–H and O–H groups in total. The zero-order valence-electron chi connectivity index (χ0n) is 17.4. The zero-order valence-corrected chi connectivity index (χ0v) is 19.1. The van der Waals surface area contributed by atoms with Crippen LogP contribution < -0.4 is 27.4 Å². The molecule has 0 heterocycles. The summed E-state index contributed by atoms with van der Waals surface area (Å²) in [6.07, 6.45) is 0.616. The van der Waals surface area contributed by atoms with Crippen LogP contribution in [0.1, 0.15) is 25.7 Å². The van der Waals surface area contributed by atoms with Crippen molar-refractivity contribution in [2.75, 3.05) is 17.8 Å². The molecule has 0 radical (unpaired) electrons. The number of thiol groups is 1. The average molecular weight is 496 g/mol. The second kappa shape index (κ2) is 15.3. The van der Waals surface area contributed by atoms with Crippen LogP contribution in [0.2, 0.25) is 0 Å². The molecule has 32 heavy (non-hydrogen) atoms. The van der Waals surface area contributed by atoms with Crippen LogP contribution in [-0.2, 0) is 28.8 Å². The summed E-state index contributed by atoms with van der Waals surface area (Å²) in [6, 6.07) is -5.16. The Morgan fingerprint density at radius 1 is 0.906 bits per heavy atom. The van der Waals surface area contributed by atoms with Crippen molar-refractivity contribution in [3.63, 3.8) is 0 Å². The lowest BCUT2D eigenvalue weighted by atomic mass is 10.1. The van der Waals surface area contributed by atoms with Crippen molar-refractivity contribution in [2.45, 2.75) is 49.9 Å². The summed E-state index contributed by atoms with van der Waals surface area (Å²) in [5, 5.41) is 24.9. The zero-order chi connectivity index (χ0) is 24.8. The number of nitrogens with two attached hydrogens (primary N) is 2. The summed E-state index contributed by atoms with van der Waals surface area (Å²) in [5.74, 6) is -5.67. The number of primary amides is 1. The summed E-state index contributed by atoms with van der Waals surface area (Å²) < 4.78 is 0. The third-order valence-corrected chi connectivity index (χ3v) is 5.09. The van der Waals surface area contributed by atoms with E-state index in [2.05, 4.69) is 28.6 Å². The molecule has 0 aliphatic carbocycles. The Balaban J connectivity index is 5.44. The Labute approximate surface area is 194 Å². The number of hydrogen-bond acceptors (Lipinski definition) is 9. The Kier molecular flexibility index (Phi) is 14.1. The van der Waals surface area contributed by atoms with Crippen LogP contribution >= 0.6 is 24.4 Å². The molecule has 15 heteroatoms. The normalized spacial score (nSPS) is 14.3. The minimum Gasteiger partial charge on any atom is -0.481 e. The number of rotatable bonds is 16. The van der Waals surface area contributed by atoms with Crippen molar-refractivity contribution < 1.29 is 39.0 Å². The maximum atomic E-state index is 12.7. The van der Waals surface area contributed by atoms with Gasteiger partial charge in [-0.1, -0.05) is 0 Å². The third-order valence-electron chi connectivity index (χ3n) is 4.08. The lowest BCUT2D eigenvalue weighted by Crippen LogP contribution is -2.57. The van der Waals surface area contributed by atoms with Crippen LogP contribution in [0.15, 0.2) is 0 Å². The number of amides is 4. The number of carboxylic acids is 2. The van der Waals surface area contributed by atoms with Crippen molar-refractivity contribution in [3.8, 4) is 0 Å². The van der Waals surface area contributed by atoms with E-state index in [0.717, 1.165) is 0 Å². The Morgan fingerprint density at radius 2 is 1.41 bits per heavy atom. The molecule has 0 aromatic carbocycles. The molecular weight excluding hydrogens is 466 g/mol. The number of nitrogens with one attached hydrogen (secondary N) is 3. The molecule has 0 aromatic rings. The van der Waals surface area contributed by atoms with Crippen LogP contribution in [0.4, 0.5) is 0 Å². The number of carbonyl (C=O) groups is 6. The van der Waals surface area contributed by atoms with Crippen LogP contribution in [0.5, 0.6) is 0 Å². The summed E-state index contributed by atoms with van der Waals surface area (Å²) in [6.45, 7) is 0. The Morgan fingerprint density at radius 3 is 1.84 bits per heavy atom. The predicted octanol–water partition coefficient (Wildman–Crippen LogP) is -2.72.